The van der Waals surface area contributed by atoms with Crippen LogP contribution < -0.4 is 5.73 Å². The standard InChI is InChI=1S/C16H21F3N2O.ClH/c1-11(8-15(22)21-7-3-6-14(20)10-21)12-4-2-5-13(9-12)16(17,18)19;/h2,4-5,9,11,14H,3,6-8,10,20H2,1H3;1H. The number of rotatable bonds is 3. The van der Waals surface area contributed by atoms with Crippen molar-refractivity contribution in [3.63, 3.8) is 0 Å². The summed E-state index contributed by atoms with van der Waals surface area (Å²) in [5.41, 5.74) is 5.71. The third-order valence-corrected chi connectivity index (χ3v) is 4.07. The quantitative estimate of drug-likeness (QED) is 0.905. The number of carbonyl (C=O) groups is 1. The van der Waals surface area contributed by atoms with E-state index in [4.69, 9.17) is 5.73 Å². The maximum Gasteiger partial charge on any atom is 0.416 e. The summed E-state index contributed by atoms with van der Waals surface area (Å²) in [5.74, 6) is -0.298. The number of amides is 1. The van der Waals surface area contributed by atoms with Crippen LogP contribution in [0.5, 0.6) is 0 Å². The fourth-order valence-corrected chi connectivity index (χ4v) is 2.77. The molecule has 23 heavy (non-hydrogen) atoms. The zero-order valence-electron chi connectivity index (χ0n) is 13.0. The van der Waals surface area contributed by atoms with Gasteiger partial charge in [0, 0.05) is 25.6 Å². The number of alkyl halides is 3. The Balaban J connectivity index is 0.00000264. The number of nitrogens with two attached hydrogens (primary N) is 1. The van der Waals surface area contributed by atoms with E-state index < -0.39 is 11.7 Å². The summed E-state index contributed by atoms with van der Waals surface area (Å²) in [6.45, 7) is 2.99. The van der Waals surface area contributed by atoms with Gasteiger partial charge in [0.25, 0.3) is 0 Å². The molecule has 0 saturated carbocycles. The van der Waals surface area contributed by atoms with E-state index in [9.17, 15) is 18.0 Å². The first kappa shape index (κ1) is 19.8. The molecular formula is C16H22ClF3N2O. The second-order valence-corrected chi connectivity index (χ2v) is 5.97. The molecule has 2 unspecified atom stereocenters. The molecule has 1 saturated heterocycles. The Kier molecular flexibility index (Phi) is 6.89. The molecule has 130 valence electrons. The smallest absolute Gasteiger partial charge is 0.341 e. The third-order valence-electron chi connectivity index (χ3n) is 4.07. The van der Waals surface area contributed by atoms with E-state index in [1.165, 1.54) is 6.07 Å². The minimum absolute atomic E-state index is 0. The van der Waals surface area contributed by atoms with Crippen LogP contribution in [0.25, 0.3) is 0 Å². The zero-order chi connectivity index (χ0) is 16.3. The molecule has 1 aromatic carbocycles. The first-order valence-electron chi connectivity index (χ1n) is 7.48. The first-order valence-corrected chi connectivity index (χ1v) is 7.48. The Bertz CT molecular complexity index is 536. The van der Waals surface area contributed by atoms with E-state index >= 15 is 0 Å². The molecule has 1 amide bonds. The van der Waals surface area contributed by atoms with Crippen molar-refractivity contribution in [1.82, 2.24) is 4.90 Å². The lowest BCUT2D eigenvalue weighted by Crippen LogP contribution is -2.45. The van der Waals surface area contributed by atoms with Gasteiger partial charge in [0.05, 0.1) is 5.56 Å². The van der Waals surface area contributed by atoms with E-state index in [1.807, 2.05) is 0 Å². The average molecular weight is 351 g/mol. The van der Waals surface area contributed by atoms with Gasteiger partial charge in [0.15, 0.2) is 0 Å². The number of benzene rings is 1. The Morgan fingerprint density at radius 1 is 1.43 bits per heavy atom. The van der Waals surface area contributed by atoms with Gasteiger partial charge < -0.3 is 10.6 Å². The van der Waals surface area contributed by atoms with Gasteiger partial charge in [0.2, 0.25) is 5.91 Å². The molecule has 0 bridgehead atoms. The van der Waals surface area contributed by atoms with Crippen molar-refractivity contribution in [1.29, 1.82) is 0 Å². The Morgan fingerprint density at radius 3 is 2.74 bits per heavy atom. The lowest BCUT2D eigenvalue weighted by molar-refractivity contribution is -0.137. The minimum atomic E-state index is -4.36. The molecule has 7 heteroatoms. The molecular weight excluding hydrogens is 329 g/mol. The topological polar surface area (TPSA) is 46.3 Å². The van der Waals surface area contributed by atoms with Crippen molar-refractivity contribution in [2.45, 2.75) is 44.3 Å². The number of piperidine rings is 1. The number of halogens is 4. The molecule has 3 nitrogen and oxygen atoms in total. The van der Waals surface area contributed by atoms with E-state index in [0.717, 1.165) is 25.0 Å². The van der Waals surface area contributed by atoms with Gasteiger partial charge in [0.1, 0.15) is 0 Å². The van der Waals surface area contributed by atoms with Gasteiger partial charge in [-0.3, -0.25) is 4.79 Å². The molecule has 0 aromatic heterocycles. The third kappa shape index (κ3) is 5.39. The van der Waals surface area contributed by atoms with Crippen molar-refractivity contribution in [2.75, 3.05) is 13.1 Å². The Hall–Kier alpha value is -1.27. The number of hydrogen-bond donors (Lipinski definition) is 1. The highest BCUT2D eigenvalue weighted by atomic mass is 35.5. The van der Waals surface area contributed by atoms with Crippen LogP contribution in [0.2, 0.25) is 0 Å². The van der Waals surface area contributed by atoms with Crippen LogP contribution >= 0.6 is 12.4 Å². The molecule has 1 heterocycles. The number of carbonyl (C=O) groups excluding carboxylic acids is 1. The summed E-state index contributed by atoms with van der Waals surface area (Å²) in [6.07, 6.45) is -2.37. The normalized spacial score (nSPS) is 19.9. The van der Waals surface area contributed by atoms with Crippen molar-refractivity contribution in [3.05, 3.63) is 35.4 Å². The number of hydrogen-bond acceptors (Lipinski definition) is 2. The van der Waals surface area contributed by atoms with E-state index in [1.54, 1.807) is 17.9 Å². The van der Waals surface area contributed by atoms with Gasteiger partial charge >= 0.3 is 6.18 Å². The van der Waals surface area contributed by atoms with Crippen molar-refractivity contribution in [2.24, 2.45) is 5.73 Å². The van der Waals surface area contributed by atoms with Crippen LogP contribution in [0.15, 0.2) is 24.3 Å². The predicted molar refractivity (Wildman–Crippen MR) is 85.5 cm³/mol. The van der Waals surface area contributed by atoms with Crippen LogP contribution in [0.1, 0.15) is 43.2 Å². The van der Waals surface area contributed by atoms with Gasteiger partial charge in [-0.05, 0) is 30.4 Å². The number of likely N-dealkylation sites (tertiary alicyclic amines) is 1. The Labute approximate surface area is 140 Å². The average Bonchev–Trinajstić information content (AvgIpc) is 2.46. The SMILES string of the molecule is CC(CC(=O)N1CCCC(N)C1)c1cccc(C(F)(F)F)c1.Cl. The van der Waals surface area contributed by atoms with Crippen LogP contribution in [-0.4, -0.2) is 29.9 Å². The molecule has 0 aliphatic carbocycles. The molecule has 0 spiro atoms. The highest BCUT2D eigenvalue weighted by Gasteiger charge is 2.31. The summed E-state index contributed by atoms with van der Waals surface area (Å²) >= 11 is 0. The zero-order valence-corrected chi connectivity index (χ0v) is 13.8. The molecule has 2 rings (SSSR count). The van der Waals surface area contributed by atoms with Crippen molar-refractivity contribution < 1.29 is 18.0 Å². The summed E-state index contributed by atoms with van der Waals surface area (Å²) < 4.78 is 38.2. The minimum Gasteiger partial charge on any atom is -0.341 e. The second kappa shape index (κ2) is 8.02. The molecule has 1 aliphatic rings. The van der Waals surface area contributed by atoms with Crippen molar-refractivity contribution in [3.8, 4) is 0 Å². The highest BCUT2D eigenvalue weighted by molar-refractivity contribution is 5.85. The monoisotopic (exact) mass is 350 g/mol. The maximum absolute atomic E-state index is 12.7. The van der Waals surface area contributed by atoms with Crippen LogP contribution in [0.4, 0.5) is 13.2 Å². The summed E-state index contributed by atoms with van der Waals surface area (Å²) in [5, 5.41) is 0. The van der Waals surface area contributed by atoms with Gasteiger partial charge in [-0.2, -0.15) is 13.2 Å². The van der Waals surface area contributed by atoms with E-state index in [0.29, 0.717) is 18.7 Å². The van der Waals surface area contributed by atoms with E-state index in [-0.39, 0.29) is 36.7 Å². The van der Waals surface area contributed by atoms with Gasteiger partial charge in [-0.25, -0.2) is 0 Å². The first-order chi connectivity index (χ1) is 10.3. The molecule has 1 aliphatic heterocycles. The molecule has 0 radical (unpaired) electrons. The summed E-state index contributed by atoms with van der Waals surface area (Å²) in [6, 6.07) is 5.19. The van der Waals surface area contributed by atoms with E-state index in [2.05, 4.69) is 0 Å². The van der Waals surface area contributed by atoms with Crippen LogP contribution in [0.3, 0.4) is 0 Å². The predicted octanol–water partition coefficient (Wildman–Crippen LogP) is 3.57. The fourth-order valence-electron chi connectivity index (χ4n) is 2.77. The molecule has 2 N–H and O–H groups in total. The summed E-state index contributed by atoms with van der Waals surface area (Å²) in [4.78, 5) is 14.0. The highest BCUT2D eigenvalue weighted by Crippen LogP contribution is 2.32. The lowest BCUT2D eigenvalue weighted by atomic mass is 9.95. The summed E-state index contributed by atoms with van der Waals surface area (Å²) in [7, 11) is 0. The number of nitrogens with zero attached hydrogens (tertiary/aromatic N) is 1. The maximum atomic E-state index is 12.7. The van der Waals surface area contributed by atoms with Gasteiger partial charge in [-0.1, -0.05) is 25.1 Å². The fraction of sp³-hybridized carbons (Fsp3) is 0.562. The molecule has 1 fully saturated rings. The lowest BCUT2D eigenvalue weighted by Gasteiger charge is -2.31. The van der Waals surface area contributed by atoms with Crippen LogP contribution in [-0.2, 0) is 11.0 Å². The Morgan fingerprint density at radius 2 is 2.13 bits per heavy atom. The molecule has 2 atom stereocenters. The van der Waals surface area contributed by atoms with Gasteiger partial charge in [-0.15, -0.1) is 12.4 Å². The largest absolute Gasteiger partial charge is 0.416 e. The van der Waals surface area contributed by atoms with Crippen LogP contribution in [0, 0.1) is 0 Å². The molecule has 1 aromatic rings. The van der Waals surface area contributed by atoms with Crippen molar-refractivity contribution >= 4 is 18.3 Å². The second-order valence-electron chi connectivity index (χ2n) is 5.97.